The van der Waals surface area contributed by atoms with E-state index in [0.29, 0.717) is 5.92 Å². The minimum atomic E-state index is 0.694. The number of hydrogen-bond acceptors (Lipinski definition) is 4. The van der Waals surface area contributed by atoms with Gasteiger partial charge in [0.05, 0.1) is 29.5 Å². The highest BCUT2D eigenvalue weighted by Crippen LogP contribution is 2.40. The van der Waals surface area contributed by atoms with Gasteiger partial charge in [-0.25, -0.2) is 9.97 Å². The summed E-state index contributed by atoms with van der Waals surface area (Å²) in [6.45, 7) is 1.81. The average Bonchev–Trinajstić information content (AvgIpc) is 3.39. The van der Waals surface area contributed by atoms with Gasteiger partial charge in [-0.1, -0.05) is 12.1 Å². The predicted octanol–water partition coefficient (Wildman–Crippen LogP) is 2.80. The Morgan fingerprint density at radius 2 is 1.91 bits per heavy atom. The van der Waals surface area contributed by atoms with Gasteiger partial charge in [-0.2, -0.15) is 0 Å². The van der Waals surface area contributed by atoms with E-state index in [1.165, 1.54) is 30.1 Å². The van der Waals surface area contributed by atoms with Gasteiger partial charge in [-0.15, -0.1) is 0 Å². The Bertz CT molecular complexity index is 894. The van der Waals surface area contributed by atoms with Crippen LogP contribution in [0.4, 0.5) is 5.82 Å². The molecule has 0 atom stereocenters. The Morgan fingerprint density at radius 3 is 2.74 bits per heavy atom. The summed E-state index contributed by atoms with van der Waals surface area (Å²) < 4.78 is 2.33. The van der Waals surface area contributed by atoms with E-state index >= 15 is 0 Å². The van der Waals surface area contributed by atoms with Gasteiger partial charge in [0, 0.05) is 31.6 Å². The fourth-order valence-corrected chi connectivity index (χ4v) is 3.55. The second-order valence-corrected chi connectivity index (χ2v) is 6.59. The zero-order chi connectivity index (χ0) is 15.4. The molecule has 3 aromatic rings. The van der Waals surface area contributed by atoms with E-state index in [0.717, 1.165) is 36.4 Å². The van der Waals surface area contributed by atoms with Gasteiger partial charge in [-0.3, -0.25) is 4.98 Å². The van der Waals surface area contributed by atoms with Crippen molar-refractivity contribution in [3.63, 3.8) is 0 Å². The number of fused-ring (bicyclic) bond motifs is 2. The van der Waals surface area contributed by atoms with Crippen molar-refractivity contribution >= 4 is 16.9 Å². The van der Waals surface area contributed by atoms with Crippen LogP contribution < -0.4 is 4.90 Å². The van der Waals surface area contributed by atoms with Gasteiger partial charge in [0.25, 0.3) is 0 Å². The van der Waals surface area contributed by atoms with E-state index in [1.807, 2.05) is 30.5 Å². The van der Waals surface area contributed by atoms with Crippen LogP contribution in [-0.2, 0) is 20.0 Å². The van der Waals surface area contributed by atoms with E-state index in [-0.39, 0.29) is 0 Å². The van der Waals surface area contributed by atoms with E-state index in [2.05, 4.69) is 21.5 Å². The molecular weight excluding hydrogens is 286 g/mol. The van der Waals surface area contributed by atoms with E-state index in [9.17, 15) is 0 Å². The molecular formula is C18H19N5. The summed E-state index contributed by atoms with van der Waals surface area (Å²) in [5.74, 6) is 2.92. The van der Waals surface area contributed by atoms with Crippen LogP contribution in [0.5, 0.6) is 0 Å². The summed E-state index contributed by atoms with van der Waals surface area (Å²) in [5, 5.41) is 0. The van der Waals surface area contributed by atoms with Crippen LogP contribution in [0, 0.1) is 0 Å². The third-order valence-corrected chi connectivity index (χ3v) is 4.99. The normalized spacial score (nSPS) is 17.5. The largest absolute Gasteiger partial charge is 0.349 e. The topological polar surface area (TPSA) is 46.8 Å². The van der Waals surface area contributed by atoms with E-state index < -0.39 is 0 Å². The van der Waals surface area contributed by atoms with Crippen molar-refractivity contribution in [3.8, 4) is 0 Å². The SMILES string of the molecule is Cn1c(C2CC2)nc2c1CCN(c1cnc3ccccc3n1)C2. The van der Waals surface area contributed by atoms with Gasteiger partial charge in [0.2, 0.25) is 0 Å². The van der Waals surface area contributed by atoms with Gasteiger partial charge in [0.1, 0.15) is 11.6 Å². The molecule has 1 saturated carbocycles. The van der Waals surface area contributed by atoms with Crippen molar-refractivity contribution in [2.45, 2.75) is 31.7 Å². The first-order valence-electron chi connectivity index (χ1n) is 8.31. The van der Waals surface area contributed by atoms with Crippen LogP contribution in [-0.4, -0.2) is 26.1 Å². The lowest BCUT2D eigenvalue weighted by atomic mass is 10.1. The molecule has 116 valence electrons. The number of hydrogen-bond donors (Lipinski definition) is 0. The summed E-state index contributed by atoms with van der Waals surface area (Å²) in [4.78, 5) is 16.5. The maximum absolute atomic E-state index is 4.92. The smallest absolute Gasteiger partial charge is 0.148 e. The highest BCUT2D eigenvalue weighted by molar-refractivity contribution is 5.75. The highest BCUT2D eigenvalue weighted by atomic mass is 15.2. The average molecular weight is 305 g/mol. The zero-order valence-electron chi connectivity index (χ0n) is 13.2. The summed E-state index contributed by atoms with van der Waals surface area (Å²) >= 11 is 0. The quantitative estimate of drug-likeness (QED) is 0.730. The van der Waals surface area contributed by atoms with E-state index in [4.69, 9.17) is 9.97 Å². The van der Waals surface area contributed by atoms with Crippen LogP contribution in [0.15, 0.2) is 30.5 Å². The van der Waals surface area contributed by atoms with Crippen molar-refractivity contribution in [3.05, 3.63) is 47.7 Å². The maximum Gasteiger partial charge on any atom is 0.148 e. The number of imidazole rings is 1. The standard InChI is InChI=1S/C18H19N5/c1-22-16-8-9-23(11-15(16)21-18(22)12-6-7-12)17-10-19-13-4-2-3-5-14(13)20-17/h2-5,10,12H,6-9,11H2,1H3. The fourth-order valence-electron chi connectivity index (χ4n) is 3.55. The highest BCUT2D eigenvalue weighted by Gasteiger charge is 2.32. The van der Waals surface area contributed by atoms with Gasteiger partial charge >= 0.3 is 0 Å². The third kappa shape index (κ3) is 2.11. The molecule has 1 aliphatic carbocycles. The van der Waals surface area contributed by atoms with E-state index in [1.54, 1.807) is 0 Å². The second kappa shape index (κ2) is 4.78. The van der Waals surface area contributed by atoms with Crippen molar-refractivity contribution < 1.29 is 0 Å². The molecule has 5 nitrogen and oxygen atoms in total. The van der Waals surface area contributed by atoms with Crippen LogP contribution in [0.3, 0.4) is 0 Å². The molecule has 1 aromatic carbocycles. The van der Waals surface area contributed by atoms with Gasteiger partial charge in [0.15, 0.2) is 0 Å². The molecule has 0 saturated heterocycles. The Balaban J connectivity index is 1.49. The molecule has 0 radical (unpaired) electrons. The minimum Gasteiger partial charge on any atom is -0.349 e. The number of aromatic nitrogens is 4. The van der Waals surface area contributed by atoms with Gasteiger partial charge < -0.3 is 9.47 Å². The Morgan fingerprint density at radius 1 is 1.09 bits per heavy atom. The lowest BCUT2D eigenvalue weighted by Gasteiger charge is -2.27. The van der Waals surface area contributed by atoms with Crippen LogP contribution in [0.1, 0.15) is 36.0 Å². The van der Waals surface area contributed by atoms with Gasteiger partial charge in [-0.05, 0) is 25.0 Å². The van der Waals surface area contributed by atoms with Crippen LogP contribution in [0.2, 0.25) is 0 Å². The summed E-state index contributed by atoms with van der Waals surface area (Å²) in [5.41, 5.74) is 4.52. The molecule has 3 heterocycles. The molecule has 0 spiro atoms. The Hall–Kier alpha value is -2.43. The Kier molecular flexibility index (Phi) is 2.71. The number of nitrogens with zero attached hydrogens (tertiary/aromatic N) is 5. The van der Waals surface area contributed by atoms with Crippen LogP contribution >= 0.6 is 0 Å². The lowest BCUT2D eigenvalue weighted by molar-refractivity contribution is 0.670. The number of para-hydroxylation sites is 2. The first kappa shape index (κ1) is 13.0. The lowest BCUT2D eigenvalue weighted by Crippen LogP contribution is -2.31. The molecule has 2 aromatic heterocycles. The van der Waals surface area contributed by atoms with Crippen LogP contribution in [0.25, 0.3) is 11.0 Å². The molecule has 1 aliphatic heterocycles. The van der Waals surface area contributed by atoms with Crippen molar-refractivity contribution in [1.82, 2.24) is 19.5 Å². The van der Waals surface area contributed by atoms with Crippen molar-refractivity contribution in [1.29, 1.82) is 0 Å². The summed E-state index contributed by atoms with van der Waals surface area (Å²) in [6, 6.07) is 8.03. The maximum atomic E-state index is 4.92. The first-order valence-corrected chi connectivity index (χ1v) is 8.31. The second-order valence-electron chi connectivity index (χ2n) is 6.59. The fraction of sp³-hybridized carbons (Fsp3) is 0.389. The molecule has 0 unspecified atom stereocenters. The third-order valence-electron chi connectivity index (χ3n) is 4.99. The summed E-state index contributed by atoms with van der Waals surface area (Å²) in [7, 11) is 2.17. The zero-order valence-corrected chi connectivity index (χ0v) is 13.2. The molecule has 0 amide bonds. The molecule has 1 fully saturated rings. The number of rotatable bonds is 2. The molecule has 5 heteroatoms. The molecule has 0 bridgehead atoms. The first-order chi connectivity index (χ1) is 11.3. The number of anilines is 1. The number of benzene rings is 1. The summed E-state index contributed by atoms with van der Waals surface area (Å²) in [6.07, 6.45) is 5.51. The van der Waals surface area contributed by atoms with Crippen molar-refractivity contribution in [2.75, 3.05) is 11.4 Å². The predicted molar refractivity (Wildman–Crippen MR) is 89.5 cm³/mol. The minimum absolute atomic E-state index is 0.694. The Labute approximate surface area is 135 Å². The molecule has 2 aliphatic rings. The molecule has 0 N–H and O–H groups in total. The van der Waals surface area contributed by atoms with Crippen molar-refractivity contribution in [2.24, 2.45) is 7.05 Å². The molecule has 5 rings (SSSR count). The molecule has 23 heavy (non-hydrogen) atoms. The monoisotopic (exact) mass is 305 g/mol.